The molecule has 2 heterocycles. The number of nitro benzene ring substituents is 1. The molecule has 0 radical (unpaired) electrons. The van der Waals surface area contributed by atoms with Gasteiger partial charge in [0.1, 0.15) is 23.9 Å². The number of carbonyl (C=O) groups excluding carboxylic acids is 1. The van der Waals surface area contributed by atoms with Crippen molar-refractivity contribution in [3.05, 3.63) is 79.8 Å². The number of furan rings is 1. The van der Waals surface area contributed by atoms with Gasteiger partial charge in [0.15, 0.2) is 5.76 Å². The van der Waals surface area contributed by atoms with Gasteiger partial charge < -0.3 is 14.5 Å². The third kappa shape index (κ3) is 4.83. The van der Waals surface area contributed by atoms with Crippen molar-refractivity contribution in [3.8, 4) is 5.75 Å². The first kappa shape index (κ1) is 18.9. The van der Waals surface area contributed by atoms with Crippen LogP contribution in [0.2, 0.25) is 5.02 Å². The van der Waals surface area contributed by atoms with Crippen LogP contribution in [0.25, 0.3) is 0 Å². The topological polar surface area (TPSA) is 108 Å². The minimum absolute atomic E-state index is 0.0509. The van der Waals surface area contributed by atoms with Crippen LogP contribution >= 0.6 is 27.5 Å². The molecular weight excluding hydrogens is 442 g/mol. The van der Waals surface area contributed by atoms with Gasteiger partial charge in [0, 0.05) is 16.7 Å². The smallest absolute Gasteiger partial charge is 0.292 e. The standard InChI is InChI=1S/C17H11BrClN3O5/c18-10-1-6-16(20-8-10)21-17(23)14-5-3-12(27-14)9-26-15-7-11(22(24)25)2-4-13(15)19/h1-8H,9H2,(H,20,21,23). The Kier molecular flexibility index (Phi) is 5.72. The maximum absolute atomic E-state index is 12.2. The van der Waals surface area contributed by atoms with Crippen LogP contribution < -0.4 is 10.1 Å². The number of rotatable bonds is 6. The zero-order valence-corrected chi connectivity index (χ0v) is 15.9. The highest BCUT2D eigenvalue weighted by molar-refractivity contribution is 9.10. The summed E-state index contributed by atoms with van der Waals surface area (Å²) in [4.78, 5) is 26.5. The molecule has 8 nitrogen and oxygen atoms in total. The third-order valence-corrected chi connectivity index (χ3v) is 4.13. The minimum atomic E-state index is -0.547. The second-order valence-corrected chi connectivity index (χ2v) is 6.57. The molecule has 0 bridgehead atoms. The molecule has 27 heavy (non-hydrogen) atoms. The summed E-state index contributed by atoms with van der Waals surface area (Å²) in [5, 5.41) is 13.7. The summed E-state index contributed by atoms with van der Waals surface area (Å²) in [5.74, 6) is 0.479. The fourth-order valence-electron chi connectivity index (χ4n) is 2.07. The first-order chi connectivity index (χ1) is 12.9. The molecule has 0 saturated carbocycles. The predicted molar refractivity (Wildman–Crippen MR) is 101 cm³/mol. The maximum Gasteiger partial charge on any atom is 0.292 e. The first-order valence-corrected chi connectivity index (χ1v) is 8.68. The number of hydrogen-bond acceptors (Lipinski definition) is 6. The van der Waals surface area contributed by atoms with Crippen molar-refractivity contribution >= 4 is 44.9 Å². The van der Waals surface area contributed by atoms with Crippen molar-refractivity contribution < 1.29 is 18.9 Å². The van der Waals surface area contributed by atoms with E-state index >= 15 is 0 Å². The SMILES string of the molecule is O=C(Nc1ccc(Br)cn1)c1ccc(COc2cc([N+](=O)[O-])ccc2Cl)o1. The van der Waals surface area contributed by atoms with Crippen molar-refractivity contribution in [2.24, 2.45) is 0 Å². The van der Waals surface area contributed by atoms with Gasteiger partial charge in [0.25, 0.3) is 11.6 Å². The predicted octanol–water partition coefficient (Wildman–Crippen LogP) is 4.83. The van der Waals surface area contributed by atoms with Crippen LogP contribution in [0.5, 0.6) is 5.75 Å². The molecule has 1 amide bonds. The molecule has 138 valence electrons. The molecule has 1 N–H and O–H groups in total. The molecular formula is C17H11BrClN3O5. The van der Waals surface area contributed by atoms with E-state index in [1.54, 1.807) is 24.4 Å². The first-order valence-electron chi connectivity index (χ1n) is 7.51. The lowest BCUT2D eigenvalue weighted by atomic mass is 10.3. The van der Waals surface area contributed by atoms with Gasteiger partial charge in [-0.25, -0.2) is 4.98 Å². The van der Waals surface area contributed by atoms with Crippen LogP contribution in [0.1, 0.15) is 16.3 Å². The van der Waals surface area contributed by atoms with E-state index in [0.29, 0.717) is 11.6 Å². The van der Waals surface area contributed by atoms with Gasteiger partial charge in [-0.15, -0.1) is 0 Å². The Balaban J connectivity index is 1.64. The van der Waals surface area contributed by atoms with Gasteiger partial charge in [0.2, 0.25) is 0 Å². The normalized spacial score (nSPS) is 10.4. The number of ether oxygens (including phenoxy) is 1. The molecule has 0 saturated heterocycles. The summed E-state index contributed by atoms with van der Waals surface area (Å²) < 4.78 is 11.7. The van der Waals surface area contributed by atoms with Crippen molar-refractivity contribution in [2.75, 3.05) is 5.32 Å². The fourth-order valence-corrected chi connectivity index (χ4v) is 2.48. The van der Waals surface area contributed by atoms with Crippen LogP contribution in [-0.2, 0) is 6.61 Å². The molecule has 10 heteroatoms. The lowest BCUT2D eigenvalue weighted by molar-refractivity contribution is -0.384. The lowest BCUT2D eigenvalue weighted by Crippen LogP contribution is -2.11. The molecule has 1 aromatic carbocycles. The molecule has 3 rings (SSSR count). The Bertz CT molecular complexity index is 990. The Morgan fingerprint density at radius 1 is 1.30 bits per heavy atom. The summed E-state index contributed by atoms with van der Waals surface area (Å²) in [6.45, 7) is -0.0509. The highest BCUT2D eigenvalue weighted by Crippen LogP contribution is 2.29. The number of benzene rings is 1. The van der Waals surface area contributed by atoms with Crippen LogP contribution in [0.3, 0.4) is 0 Å². The molecule has 0 spiro atoms. The molecule has 0 aliphatic heterocycles. The Labute approximate surface area is 166 Å². The number of amides is 1. The van der Waals surface area contributed by atoms with Gasteiger partial charge in [-0.3, -0.25) is 14.9 Å². The van der Waals surface area contributed by atoms with Crippen molar-refractivity contribution in [1.29, 1.82) is 0 Å². The number of aromatic nitrogens is 1. The number of pyridine rings is 1. The highest BCUT2D eigenvalue weighted by Gasteiger charge is 2.14. The number of carbonyl (C=O) groups is 1. The van der Waals surface area contributed by atoms with Crippen LogP contribution in [0.4, 0.5) is 11.5 Å². The fraction of sp³-hybridized carbons (Fsp3) is 0.0588. The zero-order valence-electron chi connectivity index (χ0n) is 13.5. The number of nitro groups is 1. The van der Waals surface area contributed by atoms with E-state index in [1.165, 1.54) is 24.3 Å². The number of hydrogen-bond donors (Lipinski definition) is 1. The van der Waals surface area contributed by atoms with E-state index < -0.39 is 10.8 Å². The molecule has 0 atom stereocenters. The molecule has 0 unspecified atom stereocenters. The van der Waals surface area contributed by atoms with E-state index in [4.69, 9.17) is 20.8 Å². The molecule has 0 fully saturated rings. The van der Waals surface area contributed by atoms with Crippen molar-refractivity contribution in [2.45, 2.75) is 6.61 Å². The minimum Gasteiger partial charge on any atom is -0.484 e. The van der Waals surface area contributed by atoms with Gasteiger partial charge in [-0.05, 0) is 46.3 Å². The summed E-state index contributed by atoms with van der Waals surface area (Å²) in [6, 6.07) is 10.3. The summed E-state index contributed by atoms with van der Waals surface area (Å²) in [6.07, 6.45) is 1.56. The van der Waals surface area contributed by atoms with Crippen LogP contribution in [0.15, 0.2) is 57.6 Å². The molecule has 0 aliphatic carbocycles. The second kappa shape index (κ2) is 8.19. The highest BCUT2D eigenvalue weighted by atomic mass is 79.9. The Morgan fingerprint density at radius 3 is 2.81 bits per heavy atom. The number of nitrogens with one attached hydrogen (secondary N) is 1. The average Bonchev–Trinajstić information content (AvgIpc) is 3.12. The van der Waals surface area contributed by atoms with Gasteiger partial charge >= 0.3 is 0 Å². The number of halogens is 2. The van der Waals surface area contributed by atoms with E-state index in [2.05, 4.69) is 26.2 Å². The van der Waals surface area contributed by atoms with E-state index in [-0.39, 0.29) is 28.8 Å². The number of anilines is 1. The lowest BCUT2D eigenvalue weighted by Gasteiger charge is -2.06. The van der Waals surface area contributed by atoms with E-state index in [0.717, 1.165) is 4.47 Å². The zero-order chi connectivity index (χ0) is 19.4. The van der Waals surface area contributed by atoms with Gasteiger partial charge in [0.05, 0.1) is 16.0 Å². The number of non-ortho nitro benzene ring substituents is 1. The molecule has 3 aromatic rings. The van der Waals surface area contributed by atoms with E-state index in [9.17, 15) is 14.9 Å². The van der Waals surface area contributed by atoms with Gasteiger partial charge in [-0.1, -0.05) is 11.6 Å². The molecule has 2 aromatic heterocycles. The van der Waals surface area contributed by atoms with Crippen LogP contribution in [0, 0.1) is 10.1 Å². The third-order valence-electron chi connectivity index (χ3n) is 3.35. The second-order valence-electron chi connectivity index (χ2n) is 5.24. The largest absolute Gasteiger partial charge is 0.484 e. The summed E-state index contributed by atoms with van der Waals surface area (Å²) >= 11 is 9.23. The van der Waals surface area contributed by atoms with E-state index in [1.807, 2.05) is 0 Å². The summed E-state index contributed by atoms with van der Waals surface area (Å²) in [5.41, 5.74) is -0.143. The summed E-state index contributed by atoms with van der Waals surface area (Å²) in [7, 11) is 0. The monoisotopic (exact) mass is 451 g/mol. The Hall–Kier alpha value is -2.91. The van der Waals surface area contributed by atoms with Crippen molar-refractivity contribution in [1.82, 2.24) is 4.98 Å². The quantitative estimate of drug-likeness (QED) is 0.424. The molecule has 0 aliphatic rings. The maximum atomic E-state index is 12.2. The van der Waals surface area contributed by atoms with Crippen molar-refractivity contribution in [3.63, 3.8) is 0 Å². The average molecular weight is 453 g/mol. The van der Waals surface area contributed by atoms with Crippen LogP contribution in [-0.4, -0.2) is 15.8 Å². The Morgan fingerprint density at radius 2 is 2.11 bits per heavy atom. The number of nitrogens with zero attached hydrogens (tertiary/aromatic N) is 2. The van der Waals surface area contributed by atoms with Gasteiger partial charge in [-0.2, -0.15) is 0 Å².